The van der Waals surface area contributed by atoms with Gasteiger partial charge in [-0.3, -0.25) is 0 Å². The molecule has 3 atom stereocenters. The Morgan fingerprint density at radius 3 is 1.87 bits per heavy atom. The van der Waals surface area contributed by atoms with Crippen molar-refractivity contribution in [2.24, 2.45) is 0 Å². The molecule has 3 aromatic carbocycles. The second-order valence-electron chi connectivity index (χ2n) is 11.5. The minimum atomic E-state index is -5.86. The van der Waals surface area contributed by atoms with Gasteiger partial charge in [-0.25, -0.2) is 9.59 Å². The summed E-state index contributed by atoms with van der Waals surface area (Å²) in [5.41, 5.74) is -4.37. The molecule has 14 heteroatoms. The van der Waals surface area contributed by atoms with Gasteiger partial charge in [0.15, 0.2) is 0 Å². The number of benzene rings is 3. The van der Waals surface area contributed by atoms with Gasteiger partial charge in [0, 0.05) is 6.04 Å². The number of alkyl carbamates (subject to hydrolysis) is 2. The Labute approximate surface area is 266 Å². The summed E-state index contributed by atoms with van der Waals surface area (Å²) in [5.74, 6) is -0.571. The van der Waals surface area contributed by atoms with Gasteiger partial charge in [-0.15, -0.1) is 0 Å². The number of rotatable bonds is 13. The van der Waals surface area contributed by atoms with E-state index < -0.39 is 57.4 Å². The Morgan fingerprint density at radius 1 is 0.783 bits per heavy atom. The molecule has 0 radical (unpaired) electrons. The van der Waals surface area contributed by atoms with Crippen LogP contribution in [0.2, 0.25) is 0 Å². The fraction of sp³-hybridized carbons (Fsp3) is 0.375. The van der Waals surface area contributed by atoms with E-state index in [0.717, 1.165) is 23.3 Å². The van der Waals surface area contributed by atoms with Crippen molar-refractivity contribution in [1.29, 1.82) is 0 Å². The number of hydrogen-bond acceptors (Lipinski definition) is 8. The van der Waals surface area contributed by atoms with E-state index in [1.807, 2.05) is 36.4 Å². The predicted molar refractivity (Wildman–Crippen MR) is 163 cm³/mol. The number of aliphatic hydroxyl groups is 1. The minimum absolute atomic E-state index is 0.0389. The minimum Gasteiger partial charge on any atom is -0.445 e. The highest BCUT2D eigenvalue weighted by atomic mass is 32.2. The van der Waals surface area contributed by atoms with E-state index in [9.17, 15) is 36.3 Å². The molecule has 0 aliphatic heterocycles. The van der Waals surface area contributed by atoms with Crippen LogP contribution in [0.3, 0.4) is 0 Å². The zero-order chi connectivity index (χ0) is 34.0. The average Bonchev–Trinajstić information content (AvgIpc) is 2.96. The summed E-state index contributed by atoms with van der Waals surface area (Å²) in [7, 11) is -5.86. The Hall–Kier alpha value is -4.30. The van der Waals surface area contributed by atoms with Crippen molar-refractivity contribution in [2.75, 3.05) is 0 Å². The van der Waals surface area contributed by atoms with Crippen LogP contribution in [0, 0.1) is 0 Å². The normalized spacial score (nSPS) is 14.0. The molecule has 0 aromatic heterocycles. The zero-order valence-electron chi connectivity index (χ0n) is 25.5. The Bertz CT molecular complexity index is 1510. The summed E-state index contributed by atoms with van der Waals surface area (Å²) in [5, 5.41) is 16.8. The van der Waals surface area contributed by atoms with Crippen molar-refractivity contribution in [2.45, 2.75) is 75.9 Å². The molecule has 0 bridgehead atoms. The monoisotopic (exact) mass is 666 g/mol. The SMILES string of the molecule is CC(C)(C)OC(=O)NC(Cc1ccccc1)CC(O)C(Cc1ccc(OS(=O)(=O)C(F)(F)F)cc1)NC(=O)OCc1ccccc1. The number of aliphatic hydroxyl groups excluding tert-OH is 1. The van der Waals surface area contributed by atoms with Crippen LogP contribution in [0.1, 0.15) is 43.9 Å². The van der Waals surface area contributed by atoms with E-state index in [1.54, 1.807) is 45.0 Å². The Balaban J connectivity index is 1.80. The molecule has 0 aliphatic rings. The van der Waals surface area contributed by atoms with Gasteiger partial charge in [0.1, 0.15) is 18.0 Å². The van der Waals surface area contributed by atoms with Gasteiger partial charge in [0.25, 0.3) is 0 Å². The lowest BCUT2D eigenvalue weighted by molar-refractivity contribution is -0.0500. The van der Waals surface area contributed by atoms with Crippen LogP contribution in [0.4, 0.5) is 22.8 Å². The summed E-state index contributed by atoms with van der Waals surface area (Å²) in [6.07, 6.45) is -2.57. The molecule has 0 saturated heterocycles. The molecule has 46 heavy (non-hydrogen) atoms. The van der Waals surface area contributed by atoms with Crippen LogP contribution in [0.25, 0.3) is 0 Å². The Morgan fingerprint density at radius 2 is 1.33 bits per heavy atom. The standard InChI is InChI=1S/C32H37F3N2O8S/c1-31(2,3)44-30(40)36-25(18-22-10-6-4-7-11-22)20-28(38)27(37-29(39)43-21-24-12-8-5-9-13-24)19-23-14-16-26(17-15-23)45-46(41,42)32(33,34)35/h4-17,25,27-28,38H,18-21H2,1-3H3,(H,36,40)(H,37,39). The van der Waals surface area contributed by atoms with Gasteiger partial charge >= 0.3 is 27.8 Å². The van der Waals surface area contributed by atoms with Gasteiger partial charge in [-0.05, 0) is 68.9 Å². The molecule has 250 valence electrons. The van der Waals surface area contributed by atoms with Crippen molar-refractivity contribution >= 4 is 22.3 Å². The third-order valence-corrected chi connectivity index (χ3v) is 7.40. The first-order valence-corrected chi connectivity index (χ1v) is 15.7. The van der Waals surface area contributed by atoms with E-state index in [2.05, 4.69) is 14.8 Å². The molecule has 0 saturated carbocycles. The number of nitrogens with one attached hydrogen (secondary N) is 2. The lowest BCUT2D eigenvalue weighted by Crippen LogP contribution is -2.49. The maximum absolute atomic E-state index is 12.8. The van der Waals surface area contributed by atoms with Crippen LogP contribution in [0.5, 0.6) is 5.75 Å². The summed E-state index contributed by atoms with van der Waals surface area (Å²) < 4.78 is 75.8. The van der Waals surface area contributed by atoms with E-state index in [0.29, 0.717) is 12.0 Å². The summed E-state index contributed by atoms with van der Waals surface area (Å²) >= 11 is 0. The molecule has 0 spiro atoms. The van der Waals surface area contributed by atoms with Gasteiger partial charge in [0.2, 0.25) is 0 Å². The van der Waals surface area contributed by atoms with Gasteiger partial charge in [0.05, 0.1) is 12.1 Å². The molecule has 2 amide bonds. The third kappa shape index (κ3) is 12.2. The molecule has 3 aromatic rings. The van der Waals surface area contributed by atoms with E-state index >= 15 is 0 Å². The summed E-state index contributed by atoms with van der Waals surface area (Å²) in [6.45, 7) is 5.09. The maximum Gasteiger partial charge on any atom is 0.534 e. The second-order valence-corrected chi connectivity index (χ2v) is 13.0. The zero-order valence-corrected chi connectivity index (χ0v) is 26.3. The lowest BCUT2D eigenvalue weighted by atomic mass is 9.93. The van der Waals surface area contributed by atoms with E-state index in [1.165, 1.54) is 12.1 Å². The lowest BCUT2D eigenvalue weighted by Gasteiger charge is -2.29. The van der Waals surface area contributed by atoms with Crippen molar-refractivity contribution in [3.05, 3.63) is 102 Å². The van der Waals surface area contributed by atoms with Gasteiger partial charge in [-0.1, -0.05) is 72.8 Å². The summed E-state index contributed by atoms with van der Waals surface area (Å²) in [4.78, 5) is 25.5. The molecular formula is C32H37F3N2O8S. The average molecular weight is 667 g/mol. The fourth-order valence-electron chi connectivity index (χ4n) is 4.33. The Kier molecular flexibility index (Phi) is 12.4. The first kappa shape index (κ1) is 36.2. The van der Waals surface area contributed by atoms with Gasteiger partial charge < -0.3 is 29.4 Å². The quantitative estimate of drug-likeness (QED) is 0.157. The smallest absolute Gasteiger partial charge is 0.445 e. The molecule has 0 heterocycles. The third-order valence-electron chi connectivity index (χ3n) is 6.42. The topological polar surface area (TPSA) is 140 Å². The highest BCUT2D eigenvalue weighted by Gasteiger charge is 2.48. The van der Waals surface area contributed by atoms with Crippen LogP contribution in [-0.4, -0.2) is 55.0 Å². The predicted octanol–water partition coefficient (Wildman–Crippen LogP) is 5.64. The van der Waals surface area contributed by atoms with Crippen molar-refractivity contribution in [1.82, 2.24) is 10.6 Å². The summed E-state index contributed by atoms with van der Waals surface area (Å²) in [6, 6.07) is 21.1. The van der Waals surface area contributed by atoms with Crippen LogP contribution in [0.15, 0.2) is 84.9 Å². The largest absolute Gasteiger partial charge is 0.534 e. The van der Waals surface area contributed by atoms with Crippen LogP contribution >= 0.6 is 0 Å². The number of alkyl halides is 3. The number of amides is 2. The number of carbonyl (C=O) groups excluding carboxylic acids is 2. The van der Waals surface area contributed by atoms with Crippen molar-refractivity contribution < 1.29 is 49.9 Å². The molecule has 0 aliphatic carbocycles. The molecule has 10 nitrogen and oxygen atoms in total. The van der Waals surface area contributed by atoms with Crippen LogP contribution in [-0.2, 0) is 39.0 Å². The number of ether oxygens (including phenoxy) is 2. The highest BCUT2D eigenvalue weighted by Crippen LogP contribution is 2.27. The van der Waals surface area contributed by atoms with Crippen LogP contribution < -0.4 is 14.8 Å². The molecule has 3 rings (SSSR count). The van der Waals surface area contributed by atoms with Crippen molar-refractivity contribution in [3.63, 3.8) is 0 Å². The van der Waals surface area contributed by atoms with Crippen molar-refractivity contribution in [3.8, 4) is 5.75 Å². The fourth-order valence-corrected chi connectivity index (χ4v) is 4.79. The number of carbonyl (C=O) groups is 2. The highest BCUT2D eigenvalue weighted by molar-refractivity contribution is 7.88. The first-order chi connectivity index (χ1) is 21.5. The van der Waals surface area contributed by atoms with E-state index in [-0.39, 0.29) is 19.4 Å². The van der Waals surface area contributed by atoms with Gasteiger partial charge in [-0.2, -0.15) is 21.6 Å². The first-order valence-electron chi connectivity index (χ1n) is 14.3. The maximum atomic E-state index is 12.8. The molecule has 3 N–H and O–H groups in total. The molecule has 0 fully saturated rings. The second kappa shape index (κ2) is 15.8. The molecule has 3 unspecified atom stereocenters. The number of halogens is 3. The molecular weight excluding hydrogens is 629 g/mol. The van der Waals surface area contributed by atoms with E-state index in [4.69, 9.17) is 9.47 Å². The number of hydrogen-bond donors (Lipinski definition) is 3.